The molecule has 0 saturated heterocycles. The first-order valence-corrected chi connectivity index (χ1v) is 7.43. The highest BCUT2D eigenvalue weighted by molar-refractivity contribution is 7.89. The highest BCUT2D eigenvalue weighted by Crippen LogP contribution is 2.29. The van der Waals surface area contributed by atoms with Crippen molar-refractivity contribution < 1.29 is 8.42 Å². The molecule has 1 heterocycles. The summed E-state index contributed by atoms with van der Waals surface area (Å²) in [5.41, 5.74) is 0.980. The Balaban J connectivity index is 3.24. The van der Waals surface area contributed by atoms with Gasteiger partial charge in [-0.3, -0.25) is 5.10 Å². The van der Waals surface area contributed by atoms with Crippen molar-refractivity contribution in [3.63, 3.8) is 0 Å². The third-order valence-electron chi connectivity index (χ3n) is 3.50. The summed E-state index contributed by atoms with van der Waals surface area (Å²) >= 11 is 0. The van der Waals surface area contributed by atoms with Gasteiger partial charge in [0.1, 0.15) is 4.90 Å². The number of rotatable bonds is 3. The molecule has 0 aromatic carbocycles. The van der Waals surface area contributed by atoms with Crippen LogP contribution in [0.2, 0.25) is 0 Å². The topological polar surface area (TPSA) is 66.1 Å². The van der Waals surface area contributed by atoms with E-state index in [4.69, 9.17) is 0 Å². The monoisotopic (exact) mass is 273 g/mol. The fraction of sp³-hybridized carbons (Fsp3) is 0.750. The maximum Gasteiger partial charge on any atom is 0.246 e. The van der Waals surface area contributed by atoms with Gasteiger partial charge in [-0.25, -0.2) is 8.42 Å². The quantitative estimate of drug-likeness (QED) is 0.917. The first-order valence-electron chi connectivity index (χ1n) is 5.99. The molecule has 0 aliphatic rings. The fourth-order valence-electron chi connectivity index (χ4n) is 1.82. The van der Waals surface area contributed by atoms with Gasteiger partial charge in [-0.2, -0.15) is 9.40 Å². The number of nitrogens with one attached hydrogen (secondary N) is 1. The highest BCUT2D eigenvalue weighted by atomic mass is 32.2. The first kappa shape index (κ1) is 15.2. The number of H-pyrrole nitrogens is 1. The Kier molecular flexibility index (Phi) is 3.93. The summed E-state index contributed by atoms with van der Waals surface area (Å²) in [6, 6.07) is -0.101. The molecule has 5 nitrogen and oxygen atoms in total. The van der Waals surface area contributed by atoms with Crippen molar-refractivity contribution in [1.82, 2.24) is 14.5 Å². The Bertz CT molecular complexity index is 507. The summed E-state index contributed by atoms with van der Waals surface area (Å²) in [5.74, 6) is 0. The Labute approximate surface area is 110 Å². The number of sulfonamides is 1. The predicted molar refractivity (Wildman–Crippen MR) is 71.9 cm³/mol. The van der Waals surface area contributed by atoms with Gasteiger partial charge in [0.25, 0.3) is 0 Å². The molecule has 0 aliphatic carbocycles. The van der Waals surface area contributed by atoms with Crippen LogP contribution in [-0.2, 0) is 10.0 Å². The van der Waals surface area contributed by atoms with Crippen LogP contribution < -0.4 is 0 Å². The van der Waals surface area contributed by atoms with E-state index in [0.717, 1.165) is 0 Å². The van der Waals surface area contributed by atoms with Crippen LogP contribution in [0.25, 0.3) is 0 Å². The van der Waals surface area contributed by atoms with E-state index < -0.39 is 10.0 Å². The van der Waals surface area contributed by atoms with E-state index in [-0.39, 0.29) is 11.5 Å². The lowest BCUT2D eigenvalue weighted by Crippen LogP contribution is -2.43. The minimum Gasteiger partial charge on any atom is -0.281 e. The van der Waals surface area contributed by atoms with Gasteiger partial charge in [-0.05, 0) is 26.2 Å². The standard InChI is InChI=1S/C12H23N3O2S/c1-8-11(9(2)14-13-8)18(16,17)15(7)10(3)12(4,5)6/h10H,1-7H3,(H,13,14). The maximum absolute atomic E-state index is 12.6. The predicted octanol–water partition coefficient (Wildman–Crippen LogP) is 2.08. The number of hydrogen-bond acceptors (Lipinski definition) is 3. The van der Waals surface area contributed by atoms with Crippen LogP contribution in [0.3, 0.4) is 0 Å². The Morgan fingerprint density at radius 2 is 1.78 bits per heavy atom. The summed E-state index contributed by atoms with van der Waals surface area (Å²) < 4.78 is 26.6. The summed E-state index contributed by atoms with van der Waals surface area (Å²) in [6.45, 7) is 11.4. The van der Waals surface area contributed by atoms with Gasteiger partial charge in [0, 0.05) is 13.1 Å². The zero-order chi connectivity index (χ0) is 14.3. The number of nitrogens with zero attached hydrogens (tertiary/aromatic N) is 2. The van der Waals surface area contributed by atoms with Gasteiger partial charge in [-0.1, -0.05) is 20.8 Å². The van der Waals surface area contributed by atoms with E-state index in [0.29, 0.717) is 16.3 Å². The zero-order valence-corrected chi connectivity index (χ0v) is 13.0. The summed E-state index contributed by atoms with van der Waals surface area (Å²) in [7, 11) is -1.88. The van der Waals surface area contributed by atoms with Crippen molar-refractivity contribution in [1.29, 1.82) is 0 Å². The van der Waals surface area contributed by atoms with Crippen LogP contribution in [0.4, 0.5) is 0 Å². The highest BCUT2D eigenvalue weighted by Gasteiger charge is 2.34. The van der Waals surface area contributed by atoms with Gasteiger partial charge in [0.15, 0.2) is 0 Å². The van der Waals surface area contributed by atoms with E-state index in [1.165, 1.54) is 4.31 Å². The number of aromatic nitrogens is 2. The normalized spacial score (nSPS) is 15.1. The minimum absolute atomic E-state index is 0.101. The third kappa shape index (κ3) is 2.59. The molecule has 1 aromatic rings. The molecule has 1 aromatic heterocycles. The lowest BCUT2D eigenvalue weighted by Gasteiger charge is -2.34. The molecule has 0 amide bonds. The molecule has 1 atom stereocenters. The second kappa shape index (κ2) is 4.66. The lowest BCUT2D eigenvalue weighted by molar-refractivity contribution is 0.216. The molecule has 0 fully saturated rings. The zero-order valence-electron chi connectivity index (χ0n) is 12.2. The molecule has 0 spiro atoms. The number of aromatic amines is 1. The molecule has 6 heteroatoms. The molecule has 0 bridgehead atoms. The average Bonchev–Trinajstić information content (AvgIpc) is 2.55. The molecule has 0 radical (unpaired) electrons. The molecule has 104 valence electrons. The summed E-state index contributed by atoms with van der Waals surface area (Å²) in [4.78, 5) is 0.293. The van der Waals surface area contributed by atoms with Crippen LogP contribution in [-0.4, -0.2) is 36.0 Å². The third-order valence-corrected chi connectivity index (χ3v) is 5.69. The number of aryl methyl sites for hydroxylation is 2. The Hall–Kier alpha value is -0.880. The maximum atomic E-state index is 12.6. The number of hydrogen-bond donors (Lipinski definition) is 1. The Morgan fingerprint density at radius 1 is 1.28 bits per heavy atom. The molecular weight excluding hydrogens is 250 g/mol. The first-order chi connectivity index (χ1) is 7.99. The minimum atomic E-state index is -3.50. The average molecular weight is 273 g/mol. The van der Waals surface area contributed by atoms with Crippen molar-refractivity contribution in [2.45, 2.75) is 52.5 Å². The van der Waals surface area contributed by atoms with E-state index in [1.54, 1.807) is 20.9 Å². The smallest absolute Gasteiger partial charge is 0.246 e. The van der Waals surface area contributed by atoms with Crippen LogP contribution >= 0.6 is 0 Å². The fourth-order valence-corrected chi connectivity index (χ4v) is 3.69. The van der Waals surface area contributed by atoms with Crippen molar-refractivity contribution in [2.75, 3.05) is 7.05 Å². The SMILES string of the molecule is Cc1n[nH]c(C)c1S(=O)(=O)N(C)C(C)C(C)(C)C. The Morgan fingerprint density at radius 3 is 2.11 bits per heavy atom. The van der Waals surface area contributed by atoms with E-state index in [2.05, 4.69) is 10.2 Å². The van der Waals surface area contributed by atoms with Gasteiger partial charge in [-0.15, -0.1) is 0 Å². The molecule has 1 unspecified atom stereocenters. The van der Waals surface area contributed by atoms with Gasteiger partial charge < -0.3 is 0 Å². The molecular formula is C12H23N3O2S. The molecule has 18 heavy (non-hydrogen) atoms. The van der Waals surface area contributed by atoms with Crippen molar-refractivity contribution in [3.8, 4) is 0 Å². The van der Waals surface area contributed by atoms with E-state index >= 15 is 0 Å². The van der Waals surface area contributed by atoms with Crippen LogP contribution in [0, 0.1) is 19.3 Å². The summed E-state index contributed by atoms with van der Waals surface area (Å²) in [5, 5.41) is 6.68. The molecule has 1 N–H and O–H groups in total. The van der Waals surface area contributed by atoms with E-state index in [1.807, 2.05) is 27.7 Å². The van der Waals surface area contributed by atoms with Gasteiger partial charge in [0.2, 0.25) is 10.0 Å². The molecule has 1 rings (SSSR count). The van der Waals surface area contributed by atoms with E-state index in [9.17, 15) is 8.42 Å². The van der Waals surface area contributed by atoms with Gasteiger partial charge >= 0.3 is 0 Å². The van der Waals surface area contributed by atoms with Crippen molar-refractivity contribution in [3.05, 3.63) is 11.4 Å². The van der Waals surface area contributed by atoms with Crippen LogP contribution in [0.1, 0.15) is 39.1 Å². The van der Waals surface area contributed by atoms with Crippen molar-refractivity contribution >= 4 is 10.0 Å². The second-order valence-electron chi connectivity index (χ2n) is 5.83. The van der Waals surface area contributed by atoms with Gasteiger partial charge in [0.05, 0.1) is 11.4 Å². The second-order valence-corrected chi connectivity index (χ2v) is 7.76. The molecule has 0 saturated carbocycles. The van der Waals surface area contributed by atoms with Crippen LogP contribution in [0.5, 0.6) is 0 Å². The van der Waals surface area contributed by atoms with Crippen LogP contribution in [0.15, 0.2) is 4.90 Å². The van der Waals surface area contributed by atoms with Crippen molar-refractivity contribution in [2.24, 2.45) is 5.41 Å². The lowest BCUT2D eigenvalue weighted by atomic mass is 9.88. The molecule has 0 aliphatic heterocycles. The summed E-state index contributed by atoms with van der Waals surface area (Å²) in [6.07, 6.45) is 0. The largest absolute Gasteiger partial charge is 0.281 e.